The number of hydrogen-bond acceptors (Lipinski definition) is 3. The fourth-order valence-electron chi connectivity index (χ4n) is 2.44. The lowest BCUT2D eigenvalue weighted by Gasteiger charge is -2.28. The number of aliphatic hydroxyl groups is 1. The predicted molar refractivity (Wildman–Crippen MR) is 68.1 cm³/mol. The Kier molecular flexibility index (Phi) is 4.55. The fraction of sp³-hybridized carbons (Fsp3) is 0.571. The Morgan fingerprint density at radius 3 is 2.89 bits per heavy atom. The van der Waals surface area contributed by atoms with E-state index in [0.717, 1.165) is 25.7 Å². The average Bonchev–Trinajstić information content (AvgIpc) is 2.39. The monoisotopic (exact) mass is 253 g/mol. The Labute approximate surface area is 107 Å². The molecule has 1 aromatic carbocycles. The van der Waals surface area contributed by atoms with Crippen molar-refractivity contribution in [1.82, 2.24) is 5.32 Å². The number of ether oxygens (including phenoxy) is 1. The molecule has 2 rings (SSSR count). The van der Waals surface area contributed by atoms with Crippen molar-refractivity contribution in [2.24, 2.45) is 0 Å². The van der Waals surface area contributed by atoms with Gasteiger partial charge in [0.05, 0.1) is 13.2 Å². The summed E-state index contributed by atoms with van der Waals surface area (Å²) in [7, 11) is 1.46. The van der Waals surface area contributed by atoms with Crippen LogP contribution in [-0.4, -0.2) is 24.4 Å². The molecule has 2 N–H and O–H groups in total. The minimum atomic E-state index is -0.321. The Hall–Kier alpha value is -1.13. The molecule has 1 saturated carbocycles. The van der Waals surface area contributed by atoms with Crippen LogP contribution in [0.15, 0.2) is 18.2 Å². The Balaban J connectivity index is 1.97. The highest BCUT2D eigenvalue weighted by Crippen LogP contribution is 2.22. The topological polar surface area (TPSA) is 41.5 Å². The zero-order chi connectivity index (χ0) is 13.0. The molecule has 0 amide bonds. The van der Waals surface area contributed by atoms with Gasteiger partial charge in [-0.2, -0.15) is 0 Å². The van der Waals surface area contributed by atoms with Crippen molar-refractivity contribution in [2.45, 2.75) is 44.4 Å². The summed E-state index contributed by atoms with van der Waals surface area (Å²) in [4.78, 5) is 0. The van der Waals surface area contributed by atoms with Gasteiger partial charge in [-0.15, -0.1) is 0 Å². The van der Waals surface area contributed by atoms with Crippen LogP contribution in [0.5, 0.6) is 5.75 Å². The lowest BCUT2D eigenvalue weighted by atomic mass is 9.92. The van der Waals surface area contributed by atoms with E-state index in [4.69, 9.17) is 4.74 Å². The summed E-state index contributed by atoms with van der Waals surface area (Å²) >= 11 is 0. The molecule has 1 aromatic rings. The maximum absolute atomic E-state index is 13.9. The van der Waals surface area contributed by atoms with E-state index < -0.39 is 0 Å². The first-order chi connectivity index (χ1) is 8.72. The number of benzene rings is 1. The third-order valence-corrected chi connectivity index (χ3v) is 3.55. The average molecular weight is 253 g/mol. The van der Waals surface area contributed by atoms with Crippen molar-refractivity contribution in [3.05, 3.63) is 29.6 Å². The molecule has 1 fully saturated rings. The zero-order valence-corrected chi connectivity index (χ0v) is 10.7. The molecule has 0 saturated heterocycles. The number of methoxy groups -OCH3 is 1. The molecule has 1 aliphatic rings. The highest BCUT2D eigenvalue weighted by molar-refractivity contribution is 5.30. The van der Waals surface area contributed by atoms with Crippen molar-refractivity contribution < 1.29 is 14.2 Å². The molecule has 100 valence electrons. The Bertz CT molecular complexity index is 397. The van der Waals surface area contributed by atoms with E-state index in [1.165, 1.54) is 7.11 Å². The van der Waals surface area contributed by atoms with Gasteiger partial charge in [0.25, 0.3) is 0 Å². The molecular formula is C14H20FNO2. The summed E-state index contributed by atoms with van der Waals surface area (Å²) in [5.74, 6) is -0.0590. The standard InChI is InChI=1S/C14H20FNO2/c1-18-13-8-4-5-10(14(13)15)9-16-11-6-2-3-7-12(11)17/h4-5,8,11-12,16-17H,2-3,6-7,9H2,1H3/t11-,12-/m1/s1. The summed E-state index contributed by atoms with van der Waals surface area (Å²) in [6.07, 6.45) is 3.67. The van der Waals surface area contributed by atoms with Crippen LogP contribution in [0.2, 0.25) is 0 Å². The fourth-order valence-corrected chi connectivity index (χ4v) is 2.44. The predicted octanol–water partition coefficient (Wildman–Crippen LogP) is 2.23. The van der Waals surface area contributed by atoms with Gasteiger partial charge >= 0.3 is 0 Å². The van der Waals surface area contributed by atoms with Gasteiger partial charge in [-0.3, -0.25) is 0 Å². The van der Waals surface area contributed by atoms with E-state index in [-0.39, 0.29) is 23.7 Å². The number of halogens is 1. The minimum absolute atomic E-state index is 0.0735. The van der Waals surface area contributed by atoms with Gasteiger partial charge in [0.2, 0.25) is 0 Å². The van der Waals surface area contributed by atoms with E-state index in [1.54, 1.807) is 18.2 Å². The third kappa shape index (κ3) is 3.00. The van der Waals surface area contributed by atoms with E-state index >= 15 is 0 Å². The van der Waals surface area contributed by atoms with Gasteiger partial charge in [0, 0.05) is 18.2 Å². The van der Waals surface area contributed by atoms with Crippen LogP contribution in [0.1, 0.15) is 31.2 Å². The maximum Gasteiger partial charge on any atom is 0.169 e. The molecule has 0 unspecified atom stereocenters. The molecule has 2 atom stereocenters. The number of aliphatic hydroxyl groups excluding tert-OH is 1. The summed E-state index contributed by atoms with van der Waals surface area (Å²) in [6, 6.07) is 5.19. The second-order valence-corrected chi connectivity index (χ2v) is 4.77. The smallest absolute Gasteiger partial charge is 0.169 e. The summed E-state index contributed by atoms with van der Waals surface area (Å²) < 4.78 is 18.8. The summed E-state index contributed by atoms with van der Waals surface area (Å²) in [5, 5.41) is 13.1. The van der Waals surface area contributed by atoms with Gasteiger partial charge < -0.3 is 15.2 Å². The Morgan fingerprint density at radius 1 is 1.39 bits per heavy atom. The number of rotatable bonds is 4. The lowest BCUT2D eigenvalue weighted by Crippen LogP contribution is -2.41. The molecule has 0 bridgehead atoms. The molecule has 0 radical (unpaired) electrons. The van der Waals surface area contributed by atoms with Gasteiger partial charge in [-0.25, -0.2) is 4.39 Å². The van der Waals surface area contributed by atoms with Crippen LogP contribution in [-0.2, 0) is 6.54 Å². The number of hydrogen-bond donors (Lipinski definition) is 2. The Morgan fingerprint density at radius 2 is 2.17 bits per heavy atom. The molecule has 3 nitrogen and oxygen atoms in total. The molecule has 18 heavy (non-hydrogen) atoms. The van der Waals surface area contributed by atoms with Gasteiger partial charge in [0.1, 0.15) is 0 Å². The van der Waals surface area contributed by atoms with Crippen LogP contribution in [0.3, 0.4) is 0 Å². The van der Waals surface area contributed by atoms with E-state index in [0.29, 0.717) is 12.1 Å². The molecule has 0 aliphatic heterocycles. The van der Waals surface area contributed by atoms with Crippen LogP contribution in [0, 0.1) is 5.82 Å². The van der Waals surface area contributed by atoms with E-state index in [1.807, 2.05) is 0 Å². The quantitative estimate of drug-likeness (QED) is 0.864. The van der Waals surface area contributed by atoms with Crippen molar-refractivity contribution in [2.75, 3.05) is 7.11 Å². The van der Waals surface area contributed by atoms with Gasteiger partial charge in [0.15, 0.2) is 11.6 Å². The van der Waals surface area contributed by atoms with E-state index in [9.17, 15) is 9.50 Å². The first-order valence-electron chi connectivity index (χ1n) is 6.45. The highest BCUT2D eigenvalue weighted by Gasteiger charge is 2.22. The largest absolute Gasteiger partial charge is 0.494 e. The van der Waals surface area contributed by atoms with Crippen molar-refractivity contribution in [3.8, 4) is 5.75 Å². The van der Waals surface area contributed by atoms with Gasteiger partial charge in [-0.05, 0) is 18.9 Å². The third-order valence-electron chi connectivity index (χ3n) is 3.55. The summed E-state index contributed by atoms with van der Waals surface area (Å²) in [5.41, 5.74) is 0.576. The molecule has 0 heterocycles. The van der Waals surface area contributed by atoms with E-state index in [2.05, 4.69) is 5.32 Å². The number of nitrogens with one attached hydrogen (secondary N) is 1. The van der Waals surface area contributed by atoms with Crippen molar-refractivity contribution in [3.63, 3.8) is 0 Å². The SMILES string of the molecule is COc1cccc(CN[C@@H]2CCCC[C@H]2O)c1F. The van der Waals surface area contributed by atoms with Crippen molar-refractivity contribution >= 4 is 0 Å². The molecule has 0 aromatic heterocycles. The molecule has 0 spiro atoms. The normalized spacial score (nSPS) is 23.9. The first kappa shape index (κ1) is 13.3. The van der Waals surface area contributed by atoms with Crippen molar-refractivity contribution in [1.29, 1.82) is 0 Å². The minimum Gasteiger partial charge on any atom is -0.494 e. The van der Waals surface area contributed by atoms with Crippen LogP contribution in [0.4, 0.5) is 4.39 Å². The van der Waals surface area contributed by atoms with Crippen LogP contribution < -0.4 is 10.1 Å². The van der Waals surface area contributed by atoms with Crippen LogP contribution >= 0.6 is 0 Å². The first-order valence-corrected chi connectivity index (χ1v) is 6.45. The molecule has 4 heteroatoms. The molecular weight excluding hydrogens is 233 g/mol. The van der Waals surface area contributed by atoms with Crippen LogP contribution in [0.25, 0.3) is 0 Å². The summed E-state index contributed by atoms with van der Waals surface area (Å²) in [6.45, 7) is 0.421. The zero-order valence-electron chi connectivity index (χ0n) is 10.7. The van der Waals surface area contributed by atoms with Gasteiger partial charge in [-0.1, -0.05) is 25.0 Å². The molecule has 1 aliphatic carbocycles. The second kappa shape index (κ2) is 6.16. The highest BCUT2D eigenvalue weighted by atomic mass is 19.1. The lowest BCUT2D eigenvalue weighted by molar-refractivity contribution is 0.0901. The second-order valence-electron chi connectivity index (χ2n) is 4.77. The maximum atomic E-state index is 13.9.